The summed E-state index contributed by atoms with van der Waals surface area (Å²) in [5.74, 6) is 0. The quantitative estimate of drug-likeness (QED) is 0.266. The van der Waals surface area contributed by atoms with Gasteiger partial charge in [-0.1, -0.05) is 0 Å². The van der Waals surface area contributed by atoms with Crippen LogP contribution in [0.4, 0.5) is 0 Å². The van der Waals surface area contributed by atoms with Gasteiger partial charge >= 0.3 is 0 Å². The van der Waals surface area contributed by atoms with Crippen LogP contribution in [-0.2, 0) is 4.74 Å². The van der Waals surface area contributed by atoms with E-state index in [-0.39, 0.29) is 34.0 Å². The fourth-order valence-corrected chi connectivity index (χ4v) is 1.98. The van der Waals surface area contributed by atoms with Crippen LogP contribution < -0.4 is 34.0 Å². The Morgan fingerprint density at radius 1 is 0.684 bits per heavy atom. The lowest BCUT2D eigenvalue weighted by atomic mass is 10.3. The Morgan fingerprint density at radius 3 is 1.47 bits per heavy atom. The fourth-order valence-electron chi connectivity index (χ4n) is 1.98. The van der Waals surface area contributed by atoms with Crippen molar-refractivity contribution in [1.29, 1.82) is 0 Å². The molecule has 0 radical (unpaired) electrons. The average molecular weight is 406 g/mol. The van der Waals surface area contributed by atoms with E-state index in [1.807, 2.05) is 0 Å². The van der Waals surface area contributed by atoms with Gasteiger partial charge in [-0.25, -0.2) is 0 Å². The SMILES string of the molecule is CC[N+](C)(C)CCOCC[N+](CC)(CC)CC.[Br-].[Br-]. The second-order valence-corrected chi connectivity index (χ2v) is 5.60. The Balaban J connectivity index is -0.00000128. The molecule has 0 bridgehead atoms. The molecule has 0 heterocycles. The number of likely N-dealkylation sites (N-methyl/N-ethyl adjacent to an activating group) is 2. The number of quaternary nitrogens is 2. The number of hydrogen-bond acceptors (Lipinski definition) is 1. The molecule has 0 saturated heterocycles. The first-order chi connectivity index (χ1) is 7.95. The predicted octanol–water partition coefficient (Wildman–Crippen LogP) is -4.02. The zero-order valence-corrected chi connectivity index (χ0v) is 16.9. The largest absolute Gasteiger partial charge is 1.00 e. The van der Waals surface area contributed by atoms with Gasteiger partial charge in [0.2, 0.25) is 0 Å². The van der Waals surface area contributed by atoms with E-state index in [0.717, 1.165) is 30.8 Å². The Kier molecular flexibility index (Phi) is 16.4. The van der Waals surface area contributed by atoms with Crippen LogP contribution in [0.3, 0.4) is 0 Å². The summed E-state index contributed by atoms with van der Waals surface area (Å²) in [4.78, 5) is 0. The first-order valence-electron chi connectivity index (χ1n) is 7.20. The Morgan fingerprint density at radius 2 is 1.11 bits per heavy atom. The number of ether oxygens (including phenoxy) is 1. The van der Waals surface area contributed by atoms with E-state index in [2.05, 4.69) is 41.8 Å². The van der Waals surface area contributed by atoms with Crippen LogP contribution in [0.25, 0.3) is 0 Å². The summed E-state index contributed by atoms with van der Waals surface area (Å²) in [5, 5.41) is 0. The highest BCUT2D eigenvalue weighted by atomic mass is 79.9. The lowest BCUT2D eigenvalue weighted by molar-refractivity contribution is -0.923. The third-order valence-electron chi connectivity index (χ3n) is 4.42. The van der Waals surface area contributed by atoms with Crippen molar-refractivity contribution in [2.24, 2.45) is 0 Å². The molecule has 0 atom stereocenters. The van der Waals surface area contributed by atoms with E-state index in [1.54, 1.807) is 0 Å². The van der Waals surface area contributed by atoms with Gasteiger partial charge in [-0.2, -0.15) is 0 Å². The van der Waals surface area contributed by atoms with Crippen molar-refractivity contribution in [3.05, 3.63) is 0 Å². The van der Waals surface area contributed by atoms with Gasteiger partial charge in [0, 0.05) is 0 Å². The van der Waals surface area contributed by atoms with Crippen molar-refractivity contribution >= 4 is 0 Å². The first kappa shape index (κ1) is 24.8. The fraction of sp³-hybridized carbons (Fsp3) is 1.00. The molecule has 0 aromatic carbocycles. The highest BCUT2D eigenvalue weighted by Gasteiger charge is 2.20. The van der Waals surface area contributed by atoms with Gasteiger partial charge in [0.25, 0.3) is 0 Å². The molecular formula is C14H34Br2N2O. The standard InChI is InChI=1S/C14H34N2O.2BrH/c1-7-15(5,6)11-13-17-14-12-16(8-2,9-3)10-4;;/h7-14H2,1-6H3;2*1H/q+2;;/p-2. The van der Waals surface area contributed by atoms with Gasteiger partial charge in [-0.05, 0) is 27.7 Å². The lowest BCUT2D eigenvalue weighted by Crippen LogP contribution is -3.00. The summed E-state index contributed by atoms with van der Waals surface area (Å²) in [5.41, 5.74) is 0. The van der Waals surface area contributed by atoms with Gasteiger partial charge in [0.15, 0.2) is 0 Å². The maximum atomic E-state index is 5.80. The molecule has 0 aromatic heterocycles. The number of nitrogens with zero attached hydrogens (tertiary/aromatic N) is 2. The third kappa shape index (κ3) is 10.2. The zero-order valence-electron chi connectivity index (χ0n) is 13.7. The number of rotatable bonds is 10. The van der Waals surface area contributed by atoms with Crippen LogP contribution in [0.2, 0.25) is 0 Å². The highest BCUT2D eigenvalue weighted by Crippen LogP contribution is 2.05. The van der Waals surface area contributed by atoms with Crippen LogP contribution >= 0.6 is 0 Å². The normalized spacial score (nSPS) is 11.7. The maximum absolute atomic E-state index is 5.80. The van der Waals surface area contributed by atoms with Crippen molar-refractivity contribution < 1.29 is 47.7 Å². The minimum absolute atomic E-state index is 0. The maximum Gasteiger partial charge on any atom is 0.102 e. The molecule has 19 heavy (non-hydrogen) atoms. The Bertz CT molecular complexity index is 190. The van der Waals surface area contributed by atoms with Gasteiger partial charge in [-0.3, -0.25) is 0 Å². The minimum atomic E-state index is 0. The second kappa shape index (κ2) is 12.6. The molecule has 0 amide bonds. The summed E-state index contributed by atoms with van der Waals surface area (Å²) in [6.45, 7) is 17.9. The third-order valence-corrected chi connectivity index (χ3v) is 4.42. The van der Waals surface area contributed by atoms with Crippen molar-refractivity contribution in [2.75, 3.05) is 66.6 Å². The van der Waals surface area contributed by atoms with Crippen molar-refractivity contribution in [3.63, 3.8) is 0 Å². The van der Waals surface area contributed by atoms with Crippen molar-refractivity contribution in [1.82, 2.24) is 0 Å². The number of halogens is 2. The molecule has 0 aliphatic rings. The summed E-state index contributed by atoms with van der Waals surface area (Å²) >= 11 is 0. The van der Waals surface area contributed by atoms with E-state index in [9.17, 15) is 0 Å². The zero-order chi connectivity index (χ0) is 13.4. The number of hydrogen-bond donors (Lipinski definition) is 0. The van der Waals surface area contributed by atoms with E-state index in [0.29, 0.717) is 0 Å². The molecule has 0 N–H and O–H groups in total. The van der Waals surface area contributed by atoms with Crippen LogP contribution in [0.5, 0.6) is 0 Å². The Labute approximate surface area is 142 Å². The predicted molar refractivity (Wildman–Crippen MR) is 75.1 cm³/mol. The van der Waals surface area contributed by atoms with Gasteiger partial charge < -0.3 is 47.7 Å². The molecule has 0 aliphatic carbocycles. The molecule has 0 unspecified atom stereocenters. The smallest absolute Gasteiger partial charge is 0.102 e. The summed E-state index contributed by atoms with van der Waals surface area (Å²) in [6.07, 6.45) is 0. The molecule has 0 aromatic rings. The minimum Gasteiger partial charge on any atom is -1.00 e. The lowest BCUT2D eigenvalue weighted by Gasteiger charge is -2.35. The van der Waals surface area contributed by atoms with Crippen LogP contribution in [0, 0.1) is 0 Å². The van der Waals surface area contributed by atoms with Crippen molar-refractivity contribution in [2.45, 2.75) is 27.7 Å². The first-order valence-corrected chi connectivity index (χ1v) is 7.20. The van der Waals surface area contributed by atoms with Crippen molar-refractivity contribution in [3.8, 4) is 0 Å². The average Bonchev–Trinajstić information content (AvgIpc) is 2.34. The summed E-state index contributed by atoms with van der Waals surface area (Å²) in [7, 11) is 4.52. The molecule has 0 spiro atoms. The van der Waals surface area contributed by atoms with E-state index >= 15 is 0 Å². The van der Waals surface area contributed by atoms with Crippen LogP contribution in [-0.4, -0.2) is 75.5 Å². The Hall–Kier alpha value is 0.840. The topological polar surface area (TPSA) is 9.23 Å². The van der Waals surface area contributed by atoms with E-state index in [4.69, 9.17) is 4.74 Å². The molecule has 5 heteroatoms. The summed E-state index contributed by atoms with van der Waals surface area (Å²) in [6, 6.07) is 0. The van der Waals surface area contributed by atoms with Gasteiger partial charge in [-0.15, -0.1) is 0 Å². The van der Waals surface area contributed by atoms with Crippen LogP contribution in [0.1, 0.15) is 27.7 Å². The van der Waals surface area contributed by atoms with Gasteiger partial charge in [0.1, 0.15) is 13.1 Å². The molecule has 0 saturated carbocycles. The molecular weight excluding hydrogens is 372 g/mol. The highest BCUT2D eigenvalue weighted by molar-refractivity contribution is 4.39. The van der Waals surface area contributed by atoms with E-state index in [1.165, 1.54) is 30.7 Å². The molecule has 0 fully saturated rings. The molecule has 120 valence electrons. The van der Waals surface area contributed by atoms with Gasteiger partial charge in [0.05, 0.1) is 53.5 Å². The van der Waals surface area contributed by atoms with Crippen LogP contribution in [0.15, 0.2) is 0 Å². The summed E-state index contributed by atoms with van der Waals surface area (Å²) < 4.78 is 8.04. The molecule has 3 nitrogen and oxygen atoms in total. The molecule has 0 aliphatic heterocycles. The van der Waals surface area contributed by atoms with E-state index < -0.39 is 0 Å². The monoisotopic (exact) mass is 404 g/mol. The second-order valence-electron chi connectivity index (χ2n) is 5.60. The molecule has 0 rings (SSSR count).